The van der Waals surface area contributed by atoms with E-state index < -0.39 is 5.69 Å². The van der Waals surface area contributed by atoms with Gasteiger partial charge in [-0.1, -0.05) is 23.2 Å². The molecule has 2 rings (SSSR count). The van der Waals surface area contributed by atoms with Crippen LogP contribution in [0.1, 0.15) is 5.56 Å². The molecular weight excluding hydrogens is 277 g/mol. The van der Waals surface area contributed by atoms with Crippen LogP contribution in [0.15, 0.2) is 34.1 Å². The van der Waals surface area contributed by atoms with Gasteiger partial charge >= 0.3 is 5.69 Å². The summed E-state index contributed by atoms with van der Waals surface area (Å²) in [6, 6.07) is 2.79. The molecule has 18 heavy (non-hydrogen) atoms. The number of aryl methyl sites for hydroxylation is 1. The molecule has 0 unspecified atom stereocenters. The van der Waals surface area contributed by atoms with E-state index in [-0.39, 0.29) is 17.3 Å². The molecule has 0 saturated heterocycles. The standard InChI is InChI=1S/C11H9Cl2N3O2/c1-15-3-2-10(17)16(11(15)18)6-7-5-14-9(13)4-8(7)12/h2-5H,6H2,1H3. The van der Waals surface area contributed by atoms with E-state index in [0.717, 1.165) is 4.57 Å². The number of aromatic nitrogens is 3. The molecule has 7 heteroatoms. The Bertz CT molecular complexity index is 706. The summed E-state index contributed by atoms with van der Waals surface area (Å²) in [5.74, 6) is 0. The van der Waals surface area contributed by atoms with Crippen LogP contribution in [0.25, 0.3) is 0 Å². The molecule has 2 aromatic heterocycles. The number of pyridine rings is 1. The number of hydrogen-bond donors (Lipinski definition) is 0. The second kappa shape index (κ2) is 4.96. The van der Waals surface area contributed by atoms with Crippen LogP contribution in [0.4, 0.5) is 0 Å². The highest BCUT2D eigenvalue weighted by Crippen LogP contribution is 2.18. The lowest BCUT2D eigenvalue weighted by Gasteiger charge is -2.07. The molecule has 94 valence electrons. The van der Waals surface area contributed by atoms with Gasteiger partial charge < -0.3 is 4.57 Å². The average Bonchev–Trinajstić information content (AvgIpc) is 2.32. The monoisotopic (exact) mass is 285 g/mol. The van der Waals surface area contributed by atoms with Gasteiger partial charge in [0.1, 0.15) is 5.15 Å². The van der Waals surface area contributed by atoms with Gasteiger partial charge in [-0.05, 0) is 6.07 Å². The van der Waals surface area contributed by atoms with Crippen molar-refractivity contribution in [3.63, 3.8) is 0 Å². The van der Waals surface area contributed by atoms with E-state index in [2.05, 4.69) is 4.98 Å². The Morgan fingerprint density at radius 3 is 2.72 bits per heavy atom. The molecule has 0 radical (unpaired) electrons. The molecule has 0 aromatic carbocycles. The van der Waals surface area contributed by atoms with Gasteiger partial charge in [0.25, 0.3) is 5.56 Å². The maximum Gasteiger partial charge on any atom is 0.331 e. The summed E-state index contributed by atoms with van der Waals surface area (Å²) in [7, 11) is 1.57. The van der Waals surface area contributed by atoms with Crippen molar-refractivity contribution in [3.8, 4) is 0 Å². The highest BCUT2D eigenvalue weighted by molar-refractivity contribution is 6.34. The number of hydrogen-bond acceptors (Lipinski definition) is 3. The van der Waals surface area contributed by atoms with E-state index in [1.54, 1.807) is 7.05 Å². The maximum atomic E-state index is 11.8. The second-order valence-corrected chi connectivity index (χ2v) is 4.53. The minimum atomic E-state index is -0.409. The van der Waals surface area contributed by atoms with Crippen LogP contribution in [-0.2, 0) is 13.6 Å². The Morgan fingerprint density at radius 2 is 2.06 bits per heavy atom. The number of halogens is 2. The zero-order chi connectivity index (χ0) is 13.3. The molecule has 0 spiro atoms. The third-order valence-electron chi connectivity index (χ3n) is 2.46. The molecule has 2 aromatic rings. The molecule has 0 N–H and O–H groups in total. The van der Waals surface area contributed by atoms with Gasteiger partial charge in [-0.2, -0.15) is 0 Å². The van der Waals surface area contributed by atoms with Crippen molar-refractivity contribution in [1.82, 2.24) is 14.1 Å². The molecule has 0 aliphatic heterocycles. The molecular formula is C11H9Cl2N3O2. The first-order valence-corrected chi connectivity index (χ1v) is 5.81. The van der Waals surface area contributed by atoms with Crippen LogP contribution in [-0.4, -0.2) is 14.1 Å². The van der Waals surface area contributed by atoms with Crippen LogP contribution in [0, 0.1) is 0 Å². The van der Waals surface area contributed by atoms with Crippen molar-refractivity contribution in [2.75, 3.05) is 0 Å². The lowest BCUT2D eigenvalue weighted by molar-refractivity contribution is 0.638. The zero-order valence-corrected chi connectivity index (χ0v) is 10.9. The number of nitrogens with zero attached hydrogens (tertiary/aromatic N) is 3. The Labute approximate surface area is 112 Å². The third kappa shape index (κ3) is 2.47. The van der Waals surface area contributed by atoms with Gasteiger partial charge in [-0.15, -0.1) is 0 Å². The fourth-order valence-electron chi connectivity index (χ4n) is 1.48. The van der Waals surface area contributed by atoms with E-state index in [1.807, 2.05) is 0 Å². The van der Waals surface area contributed by atoms with E-state index in [4.69, 9.17) is 23.2 Å². The average molecular weight is 286 g/mol. The van der Waals surface area contributed by atoms with E-state index in [0.29, 0.717) is 10.6 Å². The summed E-state index contributed by atoms with van der Waals surface area (Å²) < 4.78 is 2.40. The molecule has 2 heterocycles. The van der Waals surface area contributed by atoms with Crippen LogP contribution in [0.3, 0.4) is 0 Å². The highest BCUT2D eigenvalue weighted by atomic mass is 35.5. The van der Waals surface area contributed by atoms with E-state index in [9.17, 15) is 9.59 Å². The van der Waals surface area contributed by atoms with Gasteiger partial charge in [-0.25, -0.2) is 9.78 Å². The third-order valence-corrected chi connectivity index (χ3v) is 3.02. The molecule has 0 bridgehead atoms. The number of rotatable bonds is 2. The van der Waals surface area contributed by atoms with Crippen LogP contribution in [0.5, 0.6) is 0 Å². The lowest BCUT2D eigenvalue weighted by Crippen LogP contribution is -2.38. The van der Waals surface area contributed by atoms with Crippen LogP contribution in [0.2, 0.25) is 10.2 Å². The van der Waals surface area contributed by atoms with Gasteiger partial charge in [-0.3, -0.25) is 9.36 Å². The van der Waals surface area contributed by atoms with Crippen molar-refractivity contribution in [2.45, 2.75) is 6.54 Å². The summed E-state index contributed by atoms with van der Waals surface area (Å²) in [4.78, 5) is 27.3. The molecule has 0 saturated carbocycles. The fraction of sp³-hybridized carbons (Fsp3) is 0.182. The van der Waals surface area contributed by atoms with Gasteiger partial charge in [0.2, 0.25) is 0 Å². The van der Waals surface area contributed by atoms with Crippen molar-refractivity contribution in [2.24, 2.45) is 7.05 Å². The predicted octanol–water partition coefficient (Wildman–Crippen LogP) is 1.30. The quantitative estimate of drug-likeness (QED) is 0.782. The lowest BCUT2D eigenvalue weighted by atomic mass is 10.3. The van der Waals surface area contributed by atoms with Crippen LogP contribution < -0.4 is 11.2 Å². The SMILES string of the molecule is Cn1ccc(=O)n(Cc2cnc(Cl)cc2Cl)c1=O. The summed E-state index contributed by atoms with van der Waals surface area (Å²) in [5.41, 5.74) is -0.232. The van der Waals surface area contributed by atoms with Gasteiger partial charge in [0.15, 0.2) is 0 Å². The smallest absolute Gasteiger partial charge is 0.303 e. The Hall–Kier alpha value is -1.59. The minimum absolute atomic E-state index is 0.0648. The van der Waals surface area contributed by atoms with Crippen molar-refractivity contribution in [3.05, 3.63) is 61.1 Å². The first-order valence-electron chi connectivity index (χ1n) is 5.05. The van der Waals surface area contributed by atoms with Crippen molar-refractivity contribution < 1.29 is 0 Å². The van der Waals surface area contributed by atoms with Gasteiger partial charge in [0.05, 0.1) is 11.6 Å². The fourth-order valence-corrected chi connectivity index (χ4v) is 1.91. The molecule has 0 aliphatic carbocycles. The van der Waals surface area contributed by atoms with Crippen molar-refractivity contribution >= 4 is 23.2 Å². The summed E-state index contributed by atoms with van der Waals surface area (Å²) in [6.07, 6.45) is 2.87. The summed E-state index contributed by atoms with van der Waals surface area (Å²) in [6.45, 7) is 0.0648. The van der Waals surface area contributed by atoms with E-state index in [1.165, 1.54) is 29.1 Å². The largest absolute Gasteiger partial charge is 0.331 e. The molecule has 0 atom stereocenters. The molecule has 5 nitrogen and oxygen atoms in total. The molecule has 0 aliphatic rings. The highest BCUT2D eigenvalue weighted by Gasteiger charge is 2.08. The Morgan fingerprint density at radius 1 is 1.33 bits per heavy atom. The molecule has 0 amide bonds. The first kappa shape index (κ1) is 12.9. The summed E-state index contributed by atoms with van der Waals surface area (Å²) >= 11 is 11.7. The predicted molar refractivity (Wildman–Crippen MR) is 69.3 cm³/mol. The van der Waals surface area contributed by atoms with Gasteiger partial charge in [0, 0.05) is 31.1 Å². The second-order valence-electron chi connectivity index (χ2n) is 3.73. The zero-order valence-electron chi connectivity index (χ0n) is 9.43. The van der Waals surface area contributed by atoms with Crippen molar-refractivity contribution in [1.29, 1.82) is 0 Å². The van der Waals surface area contributed by atoms with Crippen LogP contribution >= 0.6 is 23.2 Å². The Balaban J connectivity index is 2.50. The normalized spacial score (nSPS) is 10.6. The minimum Gasteiger partial charge on any atom is -0.303 e. The topological polar surface area (TPSA) is 56.9 Å². The van der Waals surface area contributed by atoms with E-state index >= 15 is 0 Å². The molecule has 0 fully saturated rings. The Kier molecular flexibility index (Phi) is 3.54. The first-order chi connectivity index (χ1) is 8.49. The summed E-state index contributed by atoms with van der Waals surface area (Å²) in [5, 5.41) is 0.630. The maximum absolute atomic E-state index is 11.8.